The minimum Gasteiger partial charge on any atom is -0.437 e. The topological polar surface area (TPSA) is 59.0 Å². The van der Waals surface area contributed by atoms with E-state index in [0.717, 1.165) is 47.2 Å². The Morgan fingerprint density at radius 3 is 2.67 bits per heavy atom. The lowest BCUT2D eigenvalue weighted by atomic mass is 9.86. The van der Waals surface area contributed by atoms with E-state index >= 15 is 0 Å². The molecule has 1 aromatic heterocycles. The number of fused-ring (bicyclic) bond motifs is 1. The molecule has 0 amide bonds. The average molecular weight is 557 g/mol. The molecule has 2 atom stereocenters. The molecule has 5 rings (SSSR count). The Hall–Kier alpha value is -3.24. The van der Waals surface area contributed by atoms with Gasteiger partial charge in [0.2, 0.25) is 5.88 Å². The number of para-hydroxylation sites is 1. The van der Waals surface area contributed by atoms with Crippen LogP contribution in [0.3, 0.4) is 0 Å². The Labute approximate surface area is 230 Å². The maximum atomic E-state index is 12.6. The van der Waals surface area contributed by atoms with E-state index in [0.29, 0.717) is 12.4 Å². The van der Waals surface area contributed by atoms with Gasteiger partial charge in [-0.25, -0.2) is 4.98 Å². The van der Waals surface area contributed by atoms with E-state index in [9.17, 15) is 13.2 Å². The summed E-state index contributed by atoms with van der Waals surface area (Å²) in [5.41, 5.74) is 2.53. The van der Waals surface area contributed by atoms with Crippen molar-refractivity contribution in [3.8, 4) is 17.4 Å². The van der Waals surface area contributed by atoms with Crippen LogP contribution in [0.25, 0.3) is 0 Å². The van der Waals surface area contributed by atoms with Crippen LogP contribution in [0.5, 0.6) is 17.4 Å². The predicted octanol–water partition coefficient (Wildman–Crippen LogP) is 7.23. The van der Waals surface area contributed by atoms with Gasteiger partial charge in [0.05, 0.1) is 6.04 Å². The number of halogens is 3. The summed E-state index contributed by atoms with van der Waals surface area (Å²) >= 11 is 1.68. The monoisotopic (exact) mass is 556 g/mol. The van der Waals surface area contributed by atoms with Crippen molar-refractivity contribution < 1.29 is 22.6 Å². The third-order valence-electron chi connectivity index (χ3n) is 6.61. The molecule has 0 saturated carbocycles. The number of benzene rings is 2. The molecule has 2 aromatic carbocycles. The predicted molar refractivity (Wildman–Crippen MR) is 149 cm³/mol. The summed E-state index contributed by atoms with van der Waals surface area (Å²) in [5.74, 6) is 1.05. The van der Waals surface area contributed by atoms with Gasteiger partial charge in [0.25, 0.3) is 0 Å². The first-order valence-electron chi connectivity index (χ1n) is 12.8. The molecule has 10 heteroatoms. The van der Waals surface area contributed by atoms with E-state index in [1.807, 2.05) is 36.4 Å². The van der Waals surface area contributed by atoms with Gasteiger partial charge in [-0.2, -0.15) is 0 Å². The summed E-state index contributed by atoms with van der Waals surface area (Å²) in [7, 11) is 0. The number of anilines is 1. The maximum Gasteiger partial charge on any atom is 0.573 e. The molecule has 3 aromatic rings. The van der Waals surface area contributed by atoms with Crippen LogP contribution < -0.4 is 14.8 Å². The first kappa shape index (κ1) is 27.3. The van der Waals surface area contributed by atoms with Crippen molar-refractivity contribution in [2.45, 2.75) is 56.8 Å². The van der Waals surface area contributed by atoms with E-state index < -0.39 is 6.36 Å². The lowest BCUT2D eigenvalue weighted by Gasteiger charge is -2.33. The number of alkyl halides is 3. The van der Waals surface area contributed by atoms with Gasteiger partial charge >= 0.3 is 6.36 Å². The highest BCUT2D eigenvalue weighted by Crippen LogP contribution is 2.38. The van der Waals surface area contributed by atoms with E-state index in [4.69, 9.17) is 9.73 Å². The van der Waals surface area contributed by atoms with Crippen LogP contribution in [-0.2, 0) is 12.0 Å². The number of rotatable bonds is 6. The molecule has 2 aliphatic heterocycles. The number of hydrogen-bond acceptors (Lipinski definition) is 7. The molecule has 1 fully saturated rings. The lowest BCUT2D eigenvalue weighted by Crippen LogP contribution is -2.42. The zero-order valence-corrected chi connectivity index (χ0v) is 22.9. The fourth-order valence-electron chi connectivity index (χ4n) is 4.82. The molecule has 39 heavy (non-hydrogen) atoms. The number of hydrogen-bond donors (Lipinski definition) is 1. The van der Waals surface area contributed by atoms with Crippen molar-refractivity contribution in [3.63, 3.8) is 0 Å². The Morgan fingerprint density at radius 1 is 1.05 bits per heavy atom. The minimum atomic E-state index is -4.70. The summed E-state index contributed by atoms with van der Waals surface area (Å²) in [4.78, 5) is 11.7. The van der Waals surface area contributed by atoms with Crippen molar-refractivity contribution >= 4 is 22.6 Å². The van der Waals surface area contributed by atoms with Crippen LogP contribution >= 0.6 is 11.8 Å². The number of aliphatic imine (C=N–C) groups is 1. The minimum absolute atomic E-state index is 0.0847. The number of aromatic nitrogens is 1. The summed E-state index contributed by atoms with van der Waals surface area (Å²) in [6.45, 7) is 8.59. The lowest BCUT2D eigenvalue weighted by molar-refractivity contribution is -0.274. The van der Waals surface area contributed by atoms with Gasteiger partial charge in [-0.1, -0.05) is 62.9 Å². The molecule has 0 aliphatic carbocycles. The standard InChI is InChI=1S/C29H31F3N4O2S/c1-28(2,3)21-10-4-5-12-24(21)37-26-23(11-7-14-33-26)35-27-34-22-13-15-36(18-25(22)39-27)17-19-8-6-9-20(16-19)38-29(30,31)32/h4-12,14,16,22,25H,13,15,17-18H2,1-3H3,(H,34,35). The van der Waals surface area contributed by atoms with E-state index in [-0.39, 0.29) is 22.5 Å². The van der Waals surface area contributed by atoms with Crippen molar-refractivity contribution in [2.75, 3.05) is 18.4 Å². The zero-order valence-electron chi connectivity index (χ0n) is 22.0. The summed E-state index contributed by atoms with van der Waals surface area (Å²) in [5, 5.41) is 4.48. The summed E-state index contributed by atoms with van der Waals surface area (Å²) < 4.78 is 48.2. The summed E-state index contributed by atoms with van der Waals surface area (Å²) in [6, 6.07) is 18.1. The molecule has 0 radical (unpaired) electrons. The van der Waals surface area contributed by atoms with E-state index in [1.165, 1.54) is 12.1 Å². The Morgan fingerprint density at radius 2 is 1.87 bits per heavy atom. The van der Waals surface area contributed by atoms with Gasteiger partial charge in [0, 0.05) is 36.6 Å². The number of nitrogens with one attached hydrogen (secondary N) is 1. The molecule has 1 saturated heterocycles. The summed E-state index contributed by atoms with van der Waals surface area (Å²) in [6.07, 6.45) is -2.12. The van der Waals surface area contributed by atoms with Gasteiger partial charge in [0.15, 0.2) is 5.17 Å². The fraction of sp³-hybridized carbons (Fsp3) is 0.379. The number of thioether (sulfide) groups is 1. The number of nitrogens with zero attached hydrogens (tertiary/aromatic N) is 3. The number of piperidine rings is 1. The molecule has 2 unspecified atom stereocenters. The number of likely N-dealkylation sites (tertiary alicyclic amines) is 1. The average Bonchev–Trinajstić information content (AvgIpc) is 3.26. The van der Waals surface area contributed by atoms with Crippen molar-refractivity contribution in [3.05, 3.63) is 78.0 Å². The van der Waals surface area contributed by atoms with Crippen molar-refractivity contribution in [1.82, 2.24) is 9.88 Å². The normalized spacial score (nSPS) is 19.8. The van der Waals surface area contributed by atoms with Crippen molar-refractivity contribution in [2.24, 2.45) is 4.99 Å². The van der Waals surface area contributed by atoms with Gasteiger partial charge in [-0.05, 0) is 47.7 Å². The third-order valence-corrected chi connectivity index (χ3v) is 7.80. The molecule has 6 nitrogen and oxygen atoms in total. The third kappa shape index (κ3) is 7.05. The number of pyridine rings is 1. The first-order chi connectivity index (χ1) is 18.5. The molecule has 3 heterocycles. The van der Waals surface area contributed by atoms with Gasteiger partial charge in [0.1, 0.15) is 17.2 Å². The molecule has 2 aliphatic rings. The Kier molecular flexibility index (Phi) is 7.77. The second-order valence-corrected chi connectivity index (χ2v) is 11.9. The van der Waals surface area contributed by atoms with Crippen LogP contribution in [-0.4, -0.2) is 45.8 Å². The highest BCUT2D eigenvalue weighted by Gasteiger charge is 2.36. The Balaban J connectivity index is 1.22. The second kappa shape index (κ2) is 11.1. The maximum absolute atomic E-state index is 12.6. The van der Waals surface area contributed by atoms with E-state index in [2.05, 4.69) is 46.8 Å². The SMILES string of the molecule is CC(C)(C)c1ccccc1Oc1ncccc1NC1=NC2CCN(Cc3cccc(OC(F)(F)F)c3)CC2S1. The van der Waals surface area contributed by atoms with E-state index in [1.54, 1.807) is 24.0 Å². The smallest absolute Gasteiger partial charge is 0.437 e. The zero-order chi connectivity index (χ0) is 27.6. The second-order valence-electron chi connectivity index (χ2n) is 10.7. The number of amidine groups is 1. The molecule has 0 bridgehead atoms. The molecule has 0 spiro atoms. The van der Waals surface area contributed by atoms with Crippen LogP contribution in [0.1, 0.15) is 38.3 Å². The van der Waals surface area contributed by atoms with Crippen LogP contribution in [0.2, 0.25) is 0 Å². The van der Waals surface area contributed by atoms with Crippen LogP contribution in [0, 0.1) is 0 Å². The van der Waals surface area contributed by atoms with Crippen LogP contribution in [0.4, 0.5) is 18.9 Å². The first-order valence-corrected chi connectivity index (χ1v) is 13.7. The van der Waals surface area contributed by atoms with Crippen LogP contribution in [0.15, 0.2) is 71.9 Å². The van der Waals surface area contributed by atoms with Gasteiger partial charge in [-0.3, -0.25) is 9.89 Å². The number of ether oxygens (including phenoxy) is 2. The molecule has 206 valence electrons. The van der Waals surface area contributed by atoms with Gasteiger partial charge in [-0.15, -0.1) is 13.2 Å². The molecular formula is C29H31F3N4O2S. The highest BCUT2D eigenvalue weighted by atomic mass is 32.2. The largest absolute Gasteiger partial charge is 0.573 e. The van der Waals surface area contributed by atoms with Crippen molar-refractivity contribution in [1.29, 1.82) is 0 Å². The molecular weight excluding hydrogens is 525 g/mol. The molecule has 1 N–H and O–H groups in total. The Bertz CT molecular complexity index is 1340. The van der Waals surface area contributed by atoms with Gasteiger partial charge < -0.3 is 14.8 Å². The quantitative estimate of drug-likeness (QED) is 0.346. The fourth-order valence-corrected chi connectivity index (χ4v) is 6.11. The highest BCUT2D eigenvalue weighted by molar-refractivity contribution is 8.15.